The van der Waals surface area contributed by atoms with Gasteiger partial charge in [0.05, 0.1) is 24.5 Å². The highest BCUT2D eigenvalue weighted by molar-refractivity contribution is 5.94. The molecule has 6 nitrogen and oxygen atoms in total. The summed E-state index contributed by atoms with van der Waals surface area (Å²) in [6, 6.07) is 0. The van der Waals surface area contributed by atoms with Gasteiger partial charge in [-0.15, -0.1) is 0 Å². The monoisotopic (exact) mass is 293 g/mol. The molecule has 3 N–H and O–H groups in total. The van der Waals surface area contributed by atoms with Crippen molar-refractivity contribution < 1.29 is 14.6 Å². The fourth-order valence-electron chi connectivity index (χ4n) is 3.28. The molecule has 2 aliphatic rings. The first kappa shape index (κ1) is 14.5. The largest absolute Gasteiger partial charge is 0.396 e. The fraction of sp³-hybridized carbons (Fsp3) is 0.733. The number of amides is 1. The van der Waals surface area contributed by atoms with Crippen LogP contribution in [0.4, 0.5) is 0 Å². The Kier molecular flexibility index (Phi) is 3.75. The maximum absolute atomic E-state index is 12.4. The molecule has 0 spiro atoms. The van der Waals surface area contributed by atoms with E-state index in [1.54, 1.807) is 0 Å². The molecule has 6 heteroatoms. The first-order valence-corrected chi connectivity index (χ1v) is 7.66. The smallest absolute Gasteiger partial charge is 0.272 e. The molecule has 2 atom stereocenters. The number of carbonyl (C=O) groups is 1. The predicted octanol–water partition coefficient (Wildman–Crippen LogP) is 1.32. The molecule has 1 amide bonds. The Morgan fingerprint density at radius 3 is 2.90 bits per heavy atom. The first-order valence-electron chi connectivity index (χ1n) is 7.66. The first-order chi connectivity index (χ1) is 10.0. The molecule has 1 fully saturated rings. The molecule has 21 heavy (non-hydrogen) atoms. The van der Waals surface area contributed by atoms with Crippen LogP contribution in [0.25, 0.3) is 0 Å². The molecule has 1 saturated carbocycles. The second-order valence-corrected chi connectivity index (χ2v) is 6.45. The van der Waals surface area contributed by atoms with Crippen LogP contribution in [-0.2, 0) is 11.2 Å². The van der Waals surface area contributed by atoms with Crippen LogP contribution in [0, 0.1) is 5.41 Å². The van der Waals surface area contributed by atoms with E-state index >= 15 is 0 Å². The molecular formula is C15H23N3O3. The summed E-state index contributed by atoms with van der Waals surface area (Å²) in [4.78, 5) is 12.4. The molecule has 0 unspecified atom stereocenters. The molecule has 0 radical (unpaired) electrons. The van der Waals surface area contributed by atoms with Crippen LogP contribution in [0.1, 0.15) is 61.0 Å². The molecule has 116 valence electrons. The van der Waals surface area contributed by atoms with Crippen molar-refractivity contribution in [3.05, 3.63) is 17.0 Å². The summed E-state index contributed by atoms with van der Waals surface area (Å²) in [7, 11) is 0. The lowest BCUT2D eigenvalue weighted by Crippen LogP contribution is -2.44. The Morgan fingerprint density at radius 1 is 1.52 bits per heavy atom. The van der Waals surface area contributed by atoms with Gasteiger partial charge in [0.15, 0.2) is 5.69 Å². The predicted molar refractivity (Wildman–Crippen MR) is 77.0 cm³/mol. The topological polar surface area (TPSA) is 87.2 Å². The van der Waals surface area contributed by atoms with E-state index in [4.69, 9.17) is 4.74 Å². The number of aliphatic hydroxyl groups excluding tert-OH is 1. The quantitative estimate of drug-likeness (QED) is 0.781. The van der Waals surface area contributed by atoms with Crippen LogP contribution in [0.5, 0.6) is 0 Å². The third-order valence-corrected chi connectivity index (χ3v) is 4.82. The fourth-order valence-corrected chi connectivity index (χ4v) is 3.28. The minimum Gasteiger partial charge on any atom is -0.396 e. The number of aromatic nitrogens is 2. The van der Waals surface area contributed by atoms with Crippen molar-refractivity contribution in [2.45, 2.75) is 51.7 Å². The highest BCUT2D eigenvalue weighted by Crippen LogP contribution is 2.39. The summed E-state index contributed by atoms with van der Waals surface area (Å²) < 4.78 is 5.73. The van der Waals surface area contributed by atoms with E-state index in [1.165, 1.54) is 0 Å². The van der Waals surface area contributed by atoms with Crippen LogP contribution in [0.3, 0.4) is 0 Å². The summed E-state index contributed by atoms with van der Waals surface area (Å²) in [5.41, 5.74) is 2.22. The molecule has 3 rings (SSSR count). The molecule has 1 aliphatic heterocycles. The zero-order chi connectivity index (χ0) is 15.0. The molecule has 0 aromatic carbocycles. The number of carbonyl (C=O) groups excluding carboxylic acids is 1. The molecule has 2 heterocycles. The van der Waals surface area contributed by atoms with Crippen molar-refractivity contribution >= 4 is 5.91 Å². The Balaban J connectivity index is 1.71. The van der Waals surface area contributed by atoms with Crippen molar-refractivity contribution in [3.8, 4) is 0 Å². The van der Waals surface area contributed by atoms with Crippen LogP contribution in [-0.4, -0.2) is 40.5 Å². The van der Waals surface area contributed by atoms with Crippen molar-refractivity contribution in [3.63, 3.8) is 0 Å². The van der Waals surface area contributed by atoms with E-state index < -0.39 is 0 Å². The number of rotatable bonds is 4. The Labute approximate surface area is 124 Å². The molecule has 1 aromatic rings. The number of hydrogen-bond donors (Lipinski definition) is 3. The van der Waals surface area contributed by atoms with Gasteiger partial charge < -0.3 is 15.2 Å². The van der Waals surface area contributed by atoms with Crippen LogP contribution >= 0.6 is 0 Å². The number of nitrogens with zero attached hydrogens (tertiary/aromatic N) is 1. The second kappa shape index (κ2) is 5.42. The summed E-state index contributed by atoms with van der Waals surface area (Å²) in [5.74, 6) is -0.159. The SMILES string of the molecule is C[C@@H]1Cc2c(C(=O)NCC3(CO)CCC3)n[nH]c2[C@H](C)O1. The number of H-pyrrole nitrogens is 1. The van der Waals surface area contributed by atoms with Gasteiger partial charge in [-0.2, -0.15) is 5.10 Å². The van der Waals surface area contributed by atoms with Crippen LogP contribution in [0.15, 0.2) is 0 Å². The third-order valence-electron chi connectivity index (χ3n) is 4.82. The molecule has 0 bridgehead atoms. The molecule has 1 aromatic heterocycles. The highest BCUT2D eigenvalue weighted by Gasteiger charge is 2.37. The third kappa shape index (κ3) is 2.58. The van der Waals surface area contributed by atoms with E-state index in [1.807, 2.05) is 13.8 Å². The number of aliphatic hydroxyl groups is 1. The number of nitrogens with one attached hydrogen (secondary N) is 2. The second-order valence-electron chi connectivity index (χ2n) is 6.45. The lowest BCUT2D eigenvalue weighted by atomic mass is 9.69. The van der Waals surface area contributed by atoms with E-state index in [2.05, 4.69) is 15.5 Å². The van der Waals surface area contributed by atoms with Gasteiger partial charge in [0.1, 0.15) is 0 Å². The Hall–Kier alpha value is -1.40. The van der Waals surface area contributed by atoms with E-state index in [0.717, 1.165) is 30.5 Å². The van der Waals surface area contributed by atoms with Gasteiger partial charge in [-0.1, -0.05) is 6.42 Å². The minimum atomic E-state index is -0.159. The molecule has 0 saturated heterocycles. The van der Waals surface area contributed by atoms with Gasteiger partial charge >= 0.3 is 0 Å². The average Bonchev–Trinajstić information content (AvgIpc) is 2.81. The average molecular weight is 293 g/mol. The lowest BCUT2D eigenvalue weighted by Gasteiger charge is -2.40. The number of fused-ring (bicyclic) bond motifs is 1. The van der Waals surface area contributed by atoms with E-state index in [-0.39, 0.29) is 30.1 Å². The highest BCUT2D eigenvalue weighted by atomic mass is 16.5. The van der Waals surface area contributed by atoms with Gasteiger partial charge in [-0.25, -0.2) is 0 Å². The summed E-state index contributed by atoms with van der Waals surface area (Å²) in [6.45, 7) is 4.62. The lowest BCUT2D eigenvalue weighted by molar-refractivity contribution is -0.00698. The van der Waals surface area contributed by atoms with Crippen molar-refractivity contribution in [2.24, 2.45) is 5.41 Å². The van der Waals surface area contributed by atoms with Gasteiger partial charge in [0.25, 0.3) is 5.91 Å². The number of aromatic amines is 1. The van der Waals surface area contributed by atoms with Gasteiger partial charge in [-0.3, -0.25) is 9.89 Å². The molecular weight excluding hydrogens is 270 g/mol. The van der Waals surface area contributed by atoms with Crippen LogP contribution < -0.4 is 5.32 Å². The zero-order valence-electron chi connectivity index (χ0n) is 12.6. The Bertz CT molecular complexity index is 531. The van der Waals surface area contributed by atoms with E-state index in [0.29, 0.717) is 18.7 Å². The van der Waals surface area contributed by atoms with Gasteiger partial charge in [0.2, 0.25) is 0 Å². The normalized spacial score (nSPS) is 26.8. The standard InChI is InChI=1S/C15H23N3O3/c1-9-6-11-12(10(2)21-9)17-18-13(11)14(20)16-7-15(8-19)4-3-5-15/h9-10,19H,3-8H2,1-2H3,(H,16,20)(H,17,18)/t9-,10+/m1/s1. The van der Waals surface area contributed by atoms with Crippen molar-refractivity contribution in [1.82, 2.24) is 15.5 Å². The molecule has 1 aliphatic carbocycles. The Morgan fingerprint density at radius 2 is 2.29 bits per heavy atom. The maximum Gasteiger partial charge on any atom is 0.272 e. The summed E-state index contributed by atoms with van der Waals surface area (Å²) >= 11 is 0. The van der Waals surface area contributed by atoms with Gasteiger partial charge in [-0.05, 0) is 26.7 Å². The van der Waals surface area contributed by atoms with Gasteiger partial charge in [0, 0.05) is 23.9 Å². The zero-order valence-corrected chi connectivity index (χ0v) is 12.6. The number of ether oxygens (including phenoxy) is 1. The number of hydrogen-bond acceptors (Lipinski definition) is 4. The summed E-state index contributed by atoms with van der Waals surface area (Å²) in [6.07, 6.45) is 3.81. The van der Waals surface area contributed by atoms with Crippen molar-refractivity contribution in [1.29, 1.82) is 0 Å². The van der Waals surface area contributed by atoms with Crippen molar-refractivity contribution in [2.75, 3.05) is 13.2 Å². The minimum absolute atomic E-state index is 0.0618. The summed E-state index contributed by atoms with van der Waals surface area (Å²) in [5, 5.41) is 19.5. The van der Waals surface area contributed by atoms with E-state index in [9.17, 15) is 9.90 Å². The maximum atomic E-state index is 12.4. The van der Waals surface area contributed by atoms with Crippen LogP contribution in [0.2, 0.25) is 0 Å².